The minimum Gasteiger partial charge on any atom is -0.493 e. The van der Waals surface area contributed by atoms with Gasteiger partial charge in [-0.1, -0.05) is 12.1 Å². The molecule has 0 radical (unpaired) electrons. The van der Waals surface area contributed by atoms with E-state index in [1.807, 2.05) is 0 Å². The largest absolute Gasteiger partial charge is 0.493 e. The van der Waals surface area contributed by atoms with Gasteiger partial charge in [0.1, 0.15) is 12.2 Å². The fraction of sp³-hybridized carbons (Fsp3) is 0.235. The van der Waals surface area contributed by atoms with Crippen LogP contribution in [-0.2, 0) is 11.3 Å². The molecule has 0 aliphatic carbocycles. The Morgan fingerprint density at radius 3 is 2.28 bits per heavy atom. The van der Waals surface area contributed by atoms with E-state index in [4.69, 9.17) is 18.9 Å². The number of benzene rings is 2. The maximum absolute atomic E-state index is 12.4. The number of esters is 1. The Morgan fingerprint density at radius 2 is 1.68 bits per heavy atom. The monoisotopic (exact) mass is 347 g/mol. The van der Waals surface area contributed by atoms with E-state index in [9.17, 15) is 14.9 Å². The van der Waals surface area contributed by atoms with Crippen LogP contribution in [0, 0.1) is 10.1 Å². The average Bonchev–Trinajstić information content (AvgIpc) is 2.64. The molecule has 0 aromatic heterocycles. The van der Waals surface area contributed by atoms with E-state index in [-0.39, 0.29) is 29.4 Å². The van der Waals surface area contributed by atoms with Gasteiger partial charge in [0.05, 0.1) is 31.8 Å². The number of methoxy groups -OCH3 is 3. The normalized spacial score (nSPS) is 10.0. The number of para-hydroxylation sites is 1. The van der Waals surface area contributed by atoms with Gasteiger partial charge in [-0.3, -0.25) is 10.1 Å². The molecule has 2 aromatic carbocycles. The number of nitrogens with zero attached hydrogens (tertiary/aromatic N) is 1. The third-order valence-corrected chi connectivity index (χ3v) is 3.47. The summed E-state index contributed by atoms with van der Waals surface area (Å²) in [6.07, 6.45) is 0. The van der Waals surface area contributed by atoms with E-state index in [0.29, 0.717) is 11.3 Å². The van der Waals surface area contributed by atoms with Gasteiger partial charge in [0.25, 0.3) is 5.69 Å². The van der Waals surface area contributed by atoms with Crippen LogP contribution in [-0.4, -0.2) is 32.2 Å². The number of hydrogen-bond acceptors (Lipinski definition) is 7. The molecule has 0 aliphatic heterocycles. The van der Waals surface area contributed by atoms with E-state index in [1.54, 1.807) is 18.2 Å². The fourth-order valence-electron chi connectivity index (χ4n) is 2.29. The van der Waals surface area contributed by atoms with Crippen molar-refractivity contribution in [3.63, 3.8) is 0 Å². The zero-order valence-electron chi connectivity index (χ0n) is 14.0. The van der Waals surface area contributed by atoms with E-state index in [2.05, 4.69) is 0 Å². The highest BCUT2D eigenvalue weighted by Gasteiger charge is 2.22. The van der Waals surface area contributed by atoms with Crippen molar-refractivity contribution in [1.82, 2.24) is 0 Å². The number of rotatable bonds is 7. The molecule has 8 heteroatoms. The molecule has 0 atom stereocenters. The molecule has 2 rings (SSSR count). The van der Waals surface area contributed by atoms with Gasteiger partial charge < -0.3 is 18.9 Å². The van der Waals surface area contributed by atoms with Gasteiger partial charge in [-0.2, -0.15) is 0 Å². The van der Waals surface area contributed by atoms with Crippen LogP contribution in [0.5, 0.6) is 17.2 Å². The maximum Gasteiger partial charge on any atom is 0.342 e. The zero-order valence-corrected chi connectivity index (χ0v) is 14.0. The Kier molecular flexibility index (Phi) is 5.78. The van der Waals surface area contributed by atoms with Crippen molar-refractivity contribution in [1.29, 1.82) is 0 Å². The first-order chi connectivity index (χ1) is 12.0. The summed E-state index contributed by atoms with van der Waals surface area (Å²) in [7, 11) is 4.27. The van der Waals surface area contributed by atoms with Crippen molar-refractivity contribution < 1.29 is 28.7 Å². The number of carbonyl (C=O) groups excluding carboxylic acids is 1. The minimum absolute atomic E-state index is 0.116. The Labute approximate surface area is 144 Å². The summed E-state index contributed by atoms with van der Waals surface area (Å²) >= 11 is 0. The van der Waals surface area contributed by atoms with Crippen LogP contribution in [0.3, 0.4) is 0 Å². The lowest BCUT2D eigenvalue weighted by atomic mass is 10.1. The molecule has 0 saturated heterocycles. The summed E-state index contributed by atoms with van der Waals surface area (Å²) in [5.74, 6) is 0.116. The third-order valence-electron chi connectivity index (χ3n) is 3.47. The van der Waals surface area contributed by atoms with Crippen LogP contribution < -0.4 is 14.2 Å². The quantitative estimate of drug-likeness (QED) is 0.431. The molecule has 25 heavy (non-hydrogen) atoms. The predicted octanol–water partition coefficient (Wildman–Crippen LogP) is 2.98. The highest BCUT2D eigenvalue weighted by atomic mass is 16.6. The lowest BCUT2D eigenvalue weighted by Gasteiger charge is -2.15. The second kappa shape index (κ2) is 8.00. The molecule has 0 amide bonds. The second-order valence-corrected chi connectivity index (χ2v) is 4.84. The van der Waals surface area contributed by atoms with Crippen LogP contribution in [0.25, 0.3) is 0 Å². The average molecular weight is 347 g/mol. The highest BCUT2D eigenvalue weighted by Crippen LogP contribution is 2.40. The fourth-order valence-corrected chi connectivity index (χ4v) is 2.29. The van der Waals surface area contributed by atoms with Gasteiger partial charge >= 0.3 is 5.97 Å². The molecular formula is C17H17NO7. The van der Waals surface area contributed by atoms with Crippen molar-refractivity contribution in [2.45, 2.75) is 6.61 Å². The smallest absolute Gasteiger partial charge is 0.342 e. The lowest BCUT2D eigenvalue weighted by molar-refractivity contribution is -0.385. The summed E-state index contributed by atoms with van der Waals surface area (Å²) in [5.41, 5.74) is 0.300. The van der Waals surface area contributed by atoms with Crippen LogP contribution in [0.4, 0.5) is 5.69 Å². The van der Waals surface area contributed by atoms with E-state index < -0.39 is 10.9 Å². The van der Waals surface area contributed by atoms with E-state index in [1.165, 1.54) is 39.5 Å². The van der Waals surface area contributed by atoms with Crippen molar-refractivity contribution in [2.24, 2.45) is 0 Å². The van der Waals surface area contributed by atoms with Crippen LogP contribution >= 0.6 is 0 Å². The van der Waals surface area contributed by atoms with Gasteiger partial charge in [0.15, 0.2) is 11.5 Å². The number of nitro groups is 1. The van der Waals surface area contributed by atoms with Gasteiger partial charge in [0.2, 0.25) is 5.75 Å². The predicted molar refractivity (Wildman–Crippen MR) is 88.3 cm³/mol. The Morgan fingerprint density at radius 1 is 1.00 bits per heavy atom. The zero-order chi connectivity index (χ0) is 18.4. The van der Waals surface area contributed by atoms with E-state index >= 15 is 0 Å². The van der Waals surface area contributed by atoms with Gasteiger partial charge in [-0.05, 0) is 18.2 Å². The molecular weight excluding hydrogens is 330 g/mol. The van der Waals surface area contributed by atoms with E-state index in [0.717, 1.165) is 0 Å². The van der Waals surface area contributed by atoms with Crippen molar-refractivity contribution in [3.8, 4) is 17.2 Å². The van der Waals surface area contributed by atoms with Gasteiger partial charge in [-0.15, -0.1) is 0 Å². The van der Waals surface area contributed by atoms with Crippen molar-refractivity contribution in [2.75, 3.05) is 21.3 Å². The summed E-state index contributed by atoms with van der Waals surface area (Å²) < 4.78 is 20.8. The molecule has 2 aromatic rings. The molecule has 132 valence electrons. The number of carbonyl (C=O) groups is 1. The molecule has 0 bridgehead atoms. The van der Waals surface area contributed by atoms with Crippen molar-refractivity contribution in [3.05, 3.63) is 57.6 Å². The first-order valence-electron chi connectivity index (χ1n) is 7.21. The van der Waals surface area contributed by atoms with Crippen LogP contribution in [0.2, 0.25) is 0 Å². The standard InChI is InChI=1S/C17H17NO7/c1-22-14-9-8-12(15(23-2)16(14)24-3)17(19)25-10-11-6-4-5-7-13(11)18(20)21/h4-9H,10H2,1-3H3. The Bertz CT molecular complexity index is 789. The highest BCUT2D eigenvalue weighted by molar-refractivity contribution is 5.94. The van der Waals surface area contributed by atoms with Gasteiger partial charge in [0, 0.05) is 6.07 Å². The number of hydrogen-bond donors (Lipinski definition) is 0. The molecule has 0 heterocycles. The van der Waals surface area contributed by atoms with Gasteiger partial charge in [-0.25, -0.2) is 4.79 Å². The first-order valence-corrected chi connectivity index (χ1v) is 7.21. The third kappa shape index (κ3) is 3.79. The Balaban J connectivity index is 2.26. The molecule has 0 unspecified atom stereocenters. The summed E-state index contributed by atoms with van der Waals surface area (Å²) in [5, 5.41) is 11.0. The summed E-state index contributed by atoms with van der Waals surface area (Å²) in [6, 6.07) is 9.07. The molecule has 0 fully saturated rings. The molecule has 0 saturated carbocycles. The Hall–Kier alpha value is -3.29. The molecule has 0 spiro atoms. The van der Waals surface area contributed by atoms with Crippen LogP contribution in [0.15, 0.2) is 36.4 Å². The number of ether oxygens (including phenoxy) is 4. The summed E-state index contributed by atoms with van der Waals surface area (Å²) in [6.45, 7) is -0.243. The summed E-state index contributed by atoms with van der Waals surface area (Å²) in [4.78, 5) is 22.9. The number of nitro benzene ring substituents is 1. The molecule has 0 aliphatic rings. The SMILES string of the molecule is COc1ccc(C(=O)OCc2ccccc2[N+](=O)[O-])c(OC)c1OC. The second-order valence-electron chi connectivity index (χ2n) is 4.84. The first kappa shape index (κ1) is 18.1. The molecule has 0 N–H and O–H groups in total. The maximum atomic E-state index is 12.4. The van der Waals surface area contributed by atoms with Crippen LogP contribution in [0.1, 0.15) is 15.9 Å². The van der Waals surface area contributed by atoms with Crippen molar-refractivity contribution >= 4 is 11.7 Å². The lowest BCUT2D eigenvalue weighted by Crippen LogP contribution is -2.09. The molecule has 8 nitrogen and oxygen atoms in total. The topological polar surface area (TPSA) is 97.1 Å². The minimum atomic E-state index is -0.698.